The van der Waals surface area contributed by atoms with Crippen LogP contribution in [0.5, 0.6) is 11.5 Å². The number of hydrogen-bond acceptors (Lipinski definition) is 5. The lowest BCUT2D eigenvalue weighted by Gasteiger charge is -2.16. The Morgan fingerprint density at radius 2 is 1.69 bits per heavy atom. The third-order valence-electron chi connectivity index (χ3n) is 5.55. The van der Waals surface area contributed by atoms with Crippen LogP contribution in [0, 0.1) is 0 Å². The Hall–Kier alpha value is -4.65. The Labute approximate surface area is 209 Å². The van der Waals surface area contributed by atoms with E-state index >= 15 is 0 Å². The van der Waals surface area contributed by atoms with Gasteiger partial charge in [-0.1, -0.05) is 42.5 Å². The molecule has 3 aromatic carbocycles. The van der Waals surface area contributed by atoms with Gasteiger partial charge in [-0.05, 0) is 66.6 Å². The van der Waals surface area contributed by atoms with Gasteiger partial charge >= 0.3 is 0 Å². The van der Waals surface area contributed by atoms with Gasteiger partial charge in [-0.25, -0.2) is 0 Å². The zero-order valence-corrected chi connectivity index (χ0v) is 19.9. The zero-order chi connectivity index (χ0) is 25.3. The molecule has 0 saturated heterocycles. The minimum atomic E-state index is -0.557. The molecule has 2 amide bonds. The summed E-state index contributed by atoms with van der Waals surface area (Å²) in [5.74, 6) is 0.342. The molecule has 0 spiro atoms. The normalized spacial score (nSPS) is 11.4. The predicted molar refractivity (Wildman–Crippen MR) is 137 cm³/mol. The fourth-order valence-electron chi connectivity index (χ4n) is 3.64. The van der Waals surface area contributed by atoms with Crippen LogP contribution in [0.15, 0.2) is 97.2 Å². The van der Waals surface area contributed by atoms with Crippen LogP contribution in [-0.4, -0.2) is 16.8 Å². The van der Waals surface area contributed by atoms with Crippen LogP contribution in [0.4, 0.5) is 0 Å². The number of hydrogen-bond donors (Lipinski definition) is 2. The van der Waals surface area contributed by atoms with E-state index in [9.17, 15) is 9.59 Å². The Morgan fingerprint density at radius 3 is 2.50 bits per heavy atom. The summed E-state index contributed by atoms with van der Waals surface area (Å²) in [5.41, 5.74) is 8.78. The van der Waals surface area contributed by atoms with Crippen molar-refractivity contribution in [2.24, 2.45) is 5.73 Å². The first-order chi connectivity index (χ1) is 17.5. The lowest BCUT2D eigenvalue weighted by Crippen LogP contribution is -2.26. The van der Waals surface area contributed by atoms with E-state index in [1.165, 1.54) is 0 Å². The molecule has 1 heterocycles. The van der Waals surface area contributed by atoms with E-state index in [1.54, 1.807) is 48.7 Å². The number of para-hydroxylation sites is 1. The lowest BCUT2D eigenvalue weighted by atomic mass is 10.1. The van der Waals surface area contributed by atoms with Crippen molar-refractivity contribution in [1.82, 2.24) is 10.3 Å². The Morgan fingerprint density at radius 1 is 0.889 bits per heavy atom. The van der Waals surface area contributed by atoms with Gasteiger partial charge in [0.05, 0.1) is 17.3 Å². The van der Waals surface area contributed by atoms with Crippen molar-refractivity contribution in [3.05, 3.63) is 125 Å². The number of carbonyl (C=O) groups is 2. The van der Waals surface area contributed by atoms with E-state index in [-0.39, 0.29) is 18.6 Å². The summed E-state index contributed by atoms with van der Waals surface area (Å²) in [5, 5.41) is 3.03. The first-order valence-electron chi connectivity index (χ1n) is 11.5. The molecular weight excluding hydrogens is 454 g/mol. The van der Waals surface area contributed by atoms with Crippen LogP contribution in [0.3, 0.4) is 0 Å². The molecule has 7 heteroatoms. The molecule has 1 aromatic heterocycles. The van der Waals surface area contributed by atoms with Crippen molar-refractivity contribution in [1.29, 1.82) is 0 Å². The summed E-state index contributed by atoms with van der Waals surface area (Å²) in [4.78, 5) is 28.8. The van der Waals surface area contributed by atoms with Gasteiger partial charge in [-0.15, -0.1) is 0 Å². The van der Waals surface area contributed by atoms with Gasteiger partial charge in [0.25, 0.3) is 11.8 Å². The van der Waals surface area contributed by atoms with Crippen LogP contribution in [-0.2, 0) is 13.2 Å². The van der Waals surface area contributed by atoms with E-state index < -0.39 is 5.91 Å². The van der Waals surface area contributed by atoms with E-state index in [2.05, 4.69) is 10.3 Å². The van der Waals surface area contributed by atoms with Crippen molar-refractivity contribution in [3.8, 4) is 11.5 Å². The van der Waals surface area contributed by atoms with Gasteiger partial charge in [0.15, 0.2) is 0 Å². The molecular formula is C29H27N3O4. The molecule has 0 radical (unpaired) electrons. The number of pyridine rings is 1. The Balaban J connectivity index is 1.37. The fraction of sp³-hybridized carbons (Fsp3) is 0.138. The minimum Gasteiger partial charge on any atom is -0.488 e. The maximum absolute atomic E-state index is 12.9. The average molecular weight is 482 g/mol. The molecule has 0 aliphatic carbocycles. The highest BCUT2D eigenvalue weighted by Crippen LogP contribution is 2.21. The fourth-order valence-corrected chi connectivity index (χ4v) is 3.64. The van der Waals surface area contributed by atoms with Gasteiger partial charge in [-0.2, -0.15) is 0 Å². The first kappa shape index (κ1) is 24.5. The number of carbonyl (C=O) groups excluding carboxylic acids is 2. The molecule has 1 unspecified atom stereocenters. The van der Waals surface area contributed by atoms with Crippen LogP contribution in [0.2, 0.25) is 0 Å². The van der Waals surface area contributed by atoms with Gasteiger partial charge in [-0.3, -0.25) is 14.6 Å². The average Bonchev–Trinajstić information content (AvgIpc) is 2.91. The highest BCUT2D eigenvalue weighted by molar-refractivity contribution is 5.95. The molecule has 4 aromatic rings. The molecule has 1 atom stereocenters. The molecule has 4 rings (SSSR count). The van der Waals surface area contributed by atoms with Gasteiger partial charge in [0.1, 0.15) is 24.7 Å². The number of rotatable bonds is 10. The highest BCUT2D eigenvalue weighted by Gasteiger charge is 2.14. The summed E-state index contributed by atoms with van der Waals surface area (Å²) in [6.07, 6.45) is 1.73. The smallest absolute Gasteiger partial charge is 0.252 e. The minimum absolute atomic E-state index is 0.191. The number of nitrogens with zero attached hydrogens (tertiary/aromatic N) is 1. The zero-order valence-electron chi connectivity index (χ0n) is 19.9. The number of nitrogens with one attached hydrogen (secondary N) is 1. The molecule has 36 heavy (non-hydrogen) atoms. The second kappa shape index (κ2) is 11.7. The summed E-state index contributed by atoms with van der Waals surface area (Å²) in [6.45, 7) is 2.48. The molecule has 182 valence electrons. The van der Waals surface area contributed by atoms with Gasteiger partial charge < -0.3 is 20.5 Å². The lowest BCUT2D eigenvalue weighted by molar-refractivity contribution is 0.0938. The summed E-state index contributed by atoms with van der Waals surface area (Å²) < 4.78 is 11.6. The van der Waals surface area contributed by atoms with Crippen molar-refractivity contribution < 1.29 is 19.1 Å². The number of nitrogens with two attached hydrogens (primary N) is 1. The predicted octanol–water partition coefficient (Wildman–Crippen LogP) is 4.83. The molecule has 0 aliphatic rings. The molecule has 3 N–H and O–H groups in total. The van der Waals surface area contributed by atoms with Crippen LogP contribution in [0.1, 0.15) is 50.5 Å². The number of benzene rings is 3. The van der Waals surface area contributed by atoms with Crippen LogP contribution >= 0.6 is 0 Å². The monoisotopic (exact) mass is 481 g/mol. The standard InChI is InChI=1S/C29H27N3O4/c1-20(22-9-7-12-25(17-22)35-19-24-11-4-5-15-31-24)32-29(34)23-10-6-8-21(16-23)18-36-27-14-3-2-13-26(27)28(30)33/h2-17,20H,18-19H2,1H3,(H2,30,33)(H,32,34). The third-order valence-corrected chi connectivity index (χ3v) is 5.55. The largest absolute Gasteiger partial charge is 0.488 e. The maximum atomic E-state index is 12.9. The SMILES string of the molecule is CC(NC(=O)c1cccc(COc2ccccc2C(N)=O)c1)c1cccc(OCc2ccccn2)c1. The Kier molecular flexibility index (Phi) is 7.93. The van der Waals surface area contributed by atoms with Gasteiger partial charge in [0.2, 0.25) is 0 Å². The second-order valence-corrected chi connectivity index (χ2v) is 8.23. The molecule has 0 fully saturated rings. The second-order valence-electron chi connectivity index (χ2n) is 8.23. The van der Waals surface area contributed by atoms with Crippen molar-refractivity contribution in [2.75, 3.05) is 0 Å². The molecule has 7 nitrogen and oxygen atoms in total. The number of primary amides is 1. The van der Waals surface area contributed by atoms with E-state index in [4.69, 9.17) is 15.2 Å². The third kappa shape index (κ3) is 6.48. The van der Waals surface area contributed by atoms with Gasteiger partial charge in [0, 0.05) is 11.8 Å². The number of aromatic nitrogens is 1. The maximum Gasteiger partial charge on any atom is 0.252 e. The highest BCUT2D eigenvalue weighted by atomic mass is 16.5. The summed E-state index contributed by atoms with van der Waals surface area (Å²) in [7, 11) is 0. The molecule has 0 aliphatic heterocycles. The topological polar surface area (TPSA) is 104 Å². The quantitative estimate of drug-likeness (QED) is 0.338. The van der Waals surface area contributed by atoms with Crippen LogP contribution in [0.25, 0.3) is 0 Å². The molecule has 0 bridgehead atoms. The van der Waals surface area contributed by atoms with Crippen molar-refractivity contribution >= 4 is 11.8 Å². The molecule has 0 saturated carbocycles. The van der Waals surface area contributed by atoms with Crippen LogP contribution < -0.4 is 20.5 Å². The number of amides is 2. The van der Waals surface area contributed by atoms with E-state index in [0.717, 1.165) is 16.8 Å². The first-order valence-corrected chi connectivity index (χ1v) is 11.5. The van der Waals surface area contributed by atoms with Crippen molar-refractivity contribution in [3.63, 3.8) is 0 Å². The van der Waals surface area contributed by atoms with Crippen molar-refractivity contribution in [2.45, 2.75) is 26.2 Å². The summed E-state index contributed by atoms with van der Waals surface area (Å²) in [6, 6.07) is 27.0. The Bertz CT molecular complexity index is 1340. The van der Waals surface area contributed by atoms with E-state index in [1.807, 2.05) is 55.5 Å². The number of ether oxygens (including phenoxy) is 2. The van der Waals surface area contributed by atoms with E-state index in [0.29, 0.717) is 29.2 Å². The summed E-state index contributed by atoms with van der Waals surface area (Å²) >= 11 is 0.